The lowest BCUT2D eigenvalue weighted by molar-refractivity contribution is 0.361. The van der Waals surface area contributed by atoms with E-state index in [4.69, 9.17) is 0 Å². The van der Waals surface area contributed by atoms with Crippen LogP contribution in [0.4, 0.5) is 0 Å². The predicted molar refractivity (Wildman–Crippen MR) is 82.0 cm³/mol. The zero-order chi connectivity index (χ0) is 14.4. The zero-order valence-electron chi connectivity index (χ0n) is 12.8. The highest BCUT2D eigenvalue weighted by Crippen LogP contribution is 2.15. The summed E-state index contributed by atoms with van der Waals surface area (Å²) in [6.45, 7) is 11.8. The number of likely N-dealkylation sites (tertiary alicyclic amines) is 1. The van der Waals surface area contributed by atoms with Crippen molar-refractivity contribution in [3.63, 3.8) is 0 Å². The van der Waals surface area contributed by atoms with Crippen molar-refractivity contribution >= 4 is 11.8 Å². The van der Waals surface area contributed by atoms with Crippen LogP contribution in [0.1, 0.15) is 33.6 Å². The Balaban J connectivity index is 1.70. The molecule has 0 atom stereocenters. The molecule has 1 aromatic rings. The van der Waals surface area contributed by atoms with E-state index < -0.39 is 0 Å². The van der Waals surface area contributed by atoms with Gasteiger partial charge in [-0.3, -0.25) is 0 Å². The number of rotatable bonds is 7. The Labute approximate surface area is 125 Å². The van der Waals surface area contributed by atoms with Gasteiger partial charge >= 0.3 is 0 Å². The van der Waals surface area contributed by atoms with Crippen LogP contribution < -0.4 is 5.32 Å². The van der Waals surface area contributed by atoms with Crippen molar-refractivity contribution < 1.29 is 0 Å². The van der Waals surface area contributed by atoms with Gasteiger partial charge in [-0.1, -0.05) is 11.8 Å². The van der Waals surface area contributed by atoms with E-state index in [1.54, 1.807) is 11.8 Å². The Hall–Kier alpha value is -0.660. The molecule has 1 N–H and O–H groups in total. The van der Waals surface area contributed by atoms with E-state index in [-0.39, 0.29) is 5.54 Å². The second-order valence-corrected chi connectivity index (χ2v) is 7.32. The molecular weight excluding hydrogens is 272 g/mol. The van der Waals surface area contributed by atoms with Crippen LogP contribution in [-0.4, -0.2) is 62.6 Å². The average Bonchev–Trinajstić information content (AvgIpc) is 3.00. The molecule has 6 nitrogen and oxygen atoms in total. The number of hydrogen-bond acceptors (Lipinski definition) is 6. The maximum atomic E-state index is 4.11. The van der Waals surface area contributed by atoms with Gasteiger partial charge in [0.15, 0.2) is 0 Å². The molecule has 0 saturated carbocycles. The van der Waals surface area contributed by atoms with Gasteiger partial charge in [-0.25, -0.2) is 4.68 Å². The molecule has 20 heavy (non-hydrogen) atoms. The maximum absolute atomic E-state index is 4.11. The fourth-order valence-corrected chi connectivity index (χ4v) is 3.15. The molecule has 2 heterocycles. The van der Waals surface area contributed by atoms with Crippen molar-refractivity contribution in [3.8, 4) is 0 Å². The van der Waals surface area contributed by atoms with Crippen molar-refractivity contribution in [1.29, 1.82) is 0 Å². The first-order valence-electron chi connectivity index (χ1n) is 7.41. The second kappa shape index (κ2) is 7.38. The minimum Gasteiger partial charge on any atom is -0.310 e. The molecule has 1 fully saturated rings. The average molecular weight is 298 g/mol. The smallest absolute Gasteiger partial charge is 0.209 e. The summed E-state index contributed by atoms with van der Waals surface area (Å²) in [7, 11) is 0. The first kappa shape index (κ1) is 15.7. The standard InChI is InChI=1S/C13H26N6S/c1-13(2,3)14-6-9-19-12(15-16-17-19)20-11-10-18-7-4-5-8-18/h14H,4-11H2,1-3H3. The lowest BCUT2D eigenvalue weighted by Gasteiger charge is -2.20. The molecule has 1 saturated heterocycles. The Morgan fingerprint density at radius 3 is 2.65 bits per heavy atom. The lowest BCUT2D eigenvalue weighted by Crippen LogP contribution is -2.38. The minimum atomic E-state index is 0.136. The molecule has 1 aromatic heterocycles. The van der Waals surface area contributed by atoms with E-state index in [1.165, 1.54) is 25.9 Å². The van der Waals surface area contributed by atoms with Gasteiger partial charge in [-0.15, -0.1) is 5.10 Å². The Kier molecular flexibility index (Phi) is 5.80. The van der Waals surface area contributed by atoms with Gasteiger partial charge in [0.2, 0.25) is 5.16 Å². The Morgan fingerprint density at radius 1 is 1.20 bits per heavy atom. The number of aromatic nitrogens is 4. The van der Waals surface area contributed by atoms with E-state index >= 15 is 0 Å². The van der Waals surface area contributed by atoms with Gasteiger partial charge in [0.05, 0.1) is 6.54 Å². The van der Waals surface area contributed by atoms with Gasteiger partial charge in [-0.2, -0.15) is 0 Å². The summed E-state index contributed by atoms with van der Waals surface area (Å²) in [6, 6.07) is 0. The summed E-state index contributed by atoms with van der Waals surface area (Å²) < 4.78 is 1.90. The Morgan fingerprint density at radius 2 is 1.95 bits per heavy atom. The summed E-state index contributed by atoms with van der Waals surface area (Å²) in [5.41, 5.74) is 0.136. The van der Waals surface area contributed by atoms with Gasteiger partial charge in [-0.05, 0) is 57.1 Å². The van der Waals surface area contributed by atoms with Crippen LogP contribution >= 0.6 is 11.8 Å². The van der Waals surface area contributed by atoms with E-state index in [0.717, 1.165) is 30.5 Å². The molecular formula is C13H26N6S. The van der Waals surface area contributed by atoms with Gasteiger partial charge in [0.25, 0.3) is 0 Å². The fraction of sp³-hybridized carbons (Fsp3) is 0.923. The van der Waals surface area contributed by atoms with Gasteiger partial charge in [0, 0.05) is 24.4 Å². The third kappa shape index (κ3) is 5.38. The zero-order valence-corrected chi connectivity index (χ0v) is 13.6. The van der Waals surface area contributed by atoms with Crippen molar-refractivity contribution in [1.82, 2.24) is 30.4 Å². The normalized spacial score (nSPS) is 16.9. The number of nitrogens with one attached hydrogen (secondary N) is 1. The topological polar surface area (TPSA) is 58.9 Å². The maximum Gasteiger partial charge on any atom is 0.209 e. The molecule has 114 valence electrons. The number of tetrazole rings is 1. The van der Waals surface area contributed by atoms with Crippen molar-refractivity contribution in [2.24, 2.45) is 0 Å². The minimum absolute atomic E-state index is 0.136. The molecule has 2 rings (SSSR count). The molecule has 0 aliphatic carbocycles. The quantitative estimate of drug-likeness (QED) is 0.765. The molecule has 1 aliphatic heterocycles. The predicted octanol–water partition coefficient (Wildman–Crippen LogP) is 1.25. The first-order chi connectivity index (χ1) is 9.54. The van der Waals surface area contributed by atoms with Crippen LogP contribution in [0.3, 0.4) is 0 Å². The molecule has 0 aromatic carbocycles. The van der Waals surface area contributed by atoms with E-state index in [2.05, 4.69) is 46.5 Å². The number of nitrogens with zero attached hydrogens (tertiary/aromatic N) is 5. The third-order valence-corrected chi connectivity index (χ3v) is 4.25. The van der Waals surface area contributed by atoms with Crippen LogP contribution in [-0.2, 0) is 6.54 Å². The Bertz CT molecular complexity index is 394. The van der Waals surface area contributed by atoms with Crippen LogP contribution in [0.25, 0.3) is 0 Å². The van der Waals surface area contributed by atoms with E-state index in [1.807, 2.05) is 4.68 Å². The fourth-order valence-electron chi connectivity index (χ4n) is 2.25. The first-order valence-corrected chi connectivity index (χ1v) is 8.39. The summed E-state index contributed by atoms with van der Waals surface area (Å²) in [5, 5.41) is 16.4. The van der Waals surface area contributed by atoms with Crippen LogP contribution in [0.5, 0.6) is 0 Å². The summed E-state index contributed by atoms with van der Waals surface area (Å²) in [5.74, 6) is 1.06. The molecule has 0 bridgehead atoms. The molecule has 1 aliphatic rings. The SMILES string of the molecule is CC(C)(C)NCCn1nnnc1SCCN1CCCC1. The van der Waals surface area contributed by atoms with Gasteiger partial charge < -0.3 is 10.2 Å². The highest BCUT2D eigenvalue weighted by atomic mass is 32.2. The lowest BCUT2D eigenvalue weighted by atomic mass is 10.1. The van der Waals surface area contributed by atoms with Crippen LogP contribution in [0, 0.1) is 0 Å². The molecule has 0 amide bonds. The highest BCUT2D eigenvalue weighted by molar-refractivity contribution is 7.99. The van der Waals surface area contributed by atoms with Gasteiger partial charge in [0.1, 0.15) is 0 Å². The van der Waals surface area contributed by atoms with E-state index in [0.29, 0.717) is 0 Å². The molecule has 7 heteroatoms. The third-order valence-electron chi connectivity index (χ3n) is 3.32. The van der Waals surface area contributed by atoms with E-state index in [9.17, 15) is 0 Å². The number of hydrogen-bond donors (Lipinski definition) is 1. The second-order valence-electron chi connectivity index (χ2n) is 6.26. The summed E-state index contributed by atoms with van der Waals surface area (Å²) >= 11 is 1.76. The highest BCUT2D eigenvalue weighted by Gasteiger charge is 2.13. The van der Waals surface area contributed by atoms with Crippen molar-refractivity contribution in [3.05, 3.63) is 0 Å². The molecule has 0 spiro atoms. The van der Waals surface area contributed by atoms with Crippen LogP contribution in [0.15, 0.2) is 5.16 Å². The molecule has 0 radical (unpaired) electrons. The largest absolute Gasteiger partial charge is 0.310 e. The molecule has 0 unspecified atom stereocenters. The summed E-state index contributed by atoms with van der Waals surface area (Å²) in [4.78, 5) is 2.52. The van der Waals surface area contributed by atoms with Crippen LogP contribution in [0.2, 0.25) is 0 Å². The monoisotopic (exact) mass is 298 g/mol. The number of thioether (sulfide) groups is 1. The van der Waals surface area contributed by atoms with Crippen molar-refractivity contribution in [2.75, 3.05) is 31.9 Å². The van der Waals surface area contributed by atoms with Crippen molar-refractivity contribution in [2.45, 2.75) is 50.9 Å². The summed E-state index contributed by atoms with van der Waals surface area (Å²) in [6.07, 6.45) is 2.70.